The maximum absolute atomic E-state index is 6.12. The van der Waals surface area contributed by atoms with Gasteiger partial charge >= 0.3 is 0 Å². The van der Waals surface area contributed by atoms with Crippen LogP contribution in [0.2, 0.25) is 0 Å². The molecule has 0 N–H and O–H groups in total. The summed E-state index contributed by atoms with van der Waals surface area (Å²) < 4.78 is 12.2. The second-order valence-electron chi connectivity index (χ2n) is 7.86. The van der Waals surface area contributed by atoms with E-state index in [1.165, 1.54) is 43.9 Å². The number of methoxy groups -OCH3 is 2. The molecule has 0 saturated carbocycles. The number of aromatic nitrogens is 1. The van der Waals surface area contributed by atoms with E-state index in [0.29, 0.717) is 5.92 Å². The Labute approximate surface area is 165 Å². The Hall–Kier alpha value is -1.45. The molecular weight excluding hydrogens is 334 g/mol. The minimum absolute atomic E-state index is 0.247. The lowest BCUT2D eigenvalue weighted by Crippen LogP contribution is -2.42. The maximum atomic E-state index is 6.12. The zero-order chi connectivity index (χ0) is 19.7. The number of unbranched alkanes of at least 4 members (excludes halogenated alkanes) is 5. The third-order valence-corrected chi connectivity index (χ3v) is 5.77. The molecule has 150 valence electrons. The molecule has 0 saturated heterocycles. The van der Waals surface area contributed by atoms with Crippen molar-refractivity contribution in [1.82, 2.24) is 4.98 Å². The summed E-state index contributed by atoms with van der Waals surface area (Å²) in [4.78, 5) is 4.74. The molecule has 3 nitrogen and oxygen atoms in total. The summed E-state index contributed by atoms with van der Waals surface area (Å²) in [5.74, 6) is -0.142. The SMILES string of the molecule is CCCCCCCCC(C(C)C)C(OC)(OC)c1nccc2ccccc12. The molecule has 1 aromatic heterocycles. The molecule has 0 aliphatic heterocycles. The van der Waals surface area contributed by atoms with E-state index < -0.39 is 5.79 Å². The summed E-state index contributed by atoms with van der Waals surface area (Å²) in [6.07, 6.45) is 10.7. The third kappa shape index (κ3) is 5.08. The quantitative estimate of drug-likeness (QED) is 0.307. The molecular formula is C24H37NO2. The molecule has 27 heavy (non-hydrogen) atoms. The van der Waals surface area contributed by atoms with E-state index in [4.69, 9.17) is 14.5 Å². The number of benzene rings is 1. The van der Waals surface area contributed by atoms with E-state index in [0.717, 1.165) is 17.5 Å². The van der Waals surface area contributed by atoms with Crippen LogP contribution in [0.25, 0.3) is 10.8 Å². The summed E-state index contributed by atoms with van der Waals surface area (Å²) >= 11 is 0. The lowest BCUT2D eigenvalue weighted by Gasteiger charge is -2.40. The molecule has 3 heteroatoms. The molecule has 1 unspecified atom stereocenters. The van der Waals surface area contributed by atoms with E-state index in [1.54, 1.807) is 14.2 Å². The van der Waals surface area contributed by atoms with E-state index in [1.807, 2.05) is 12.3 Å². The topological polar surface area (TPSA) is 31.4 Å². The molecule has 1 atom stereocenters. The van der Waals surface area contributed by atoms with E-state index in [-0.39, 0.29) is 5.92 Å². The molecule has 2 aromatic rings. The van der Waals surface area contributed by atoms with Crippen LogP contribution in [0.5, 0.6) is 0 Å². The van der Waals surface area contributed by atoms with Crippen molar-refractivity contribution in [3.05, 3.63) is 42.2 Å². The zero-order valence-corrected chi connectivity index (χ0v) is 17.8. The Kier molecular flexibility index (Phi) is 8.72. The molecule has 0 aliphatic carbocycles. The lowest BCUT2D eigenvalue weighted by molar-refractivity contribution is -0.261. The first-order chi connectivity index (χ1) is 13.1. The van der Waals surface area contributed by atoms with Gasteiger partial charge in [-0.05, 0) is 23.8 Å². The minimum Gasteiger partial charge on any atom is -0.348 e. The summed E-state index contributed by atoms with van der Waals surface area (Å²) in [5, 5.41) is 2.28. The Morgan fingerprint density at radius 3 is 2.26 bits per heavy atom. The third-order valence-electron chi connectivity index (χ3n) is 5.77. The first-order valence-electron chi connectivity index (χ1n) is 10.5. The van der Waals surface area contributed by atoms with Gasteiger partial charge in [0.2, 0.25) is 5.79 Å². The Balaban J connectivity index is 2.30. The van der Waals surface area contributed by atoms with Crippen molar-refractivity contribution in [2.24, 2.45) is 11.8 Å². The molecule has 0 fully saturated rings. The molecule has 2 rings (SSSR count). The van der Waals surface area contributed by atoms with Crippen molar-refractivity contribution in [2.45, 2.75) is 71.5 Å². The fourth-order valence-electron chi connectivity index (χ4n) is 4.26. The zero-order valence-electron chi connectivity index (χ0n) is 17.8. The Morgan fingerprint density at radius 1 is 0.926 bits per heavy atom. The molecule has 0 radical (unpaired) electrons. The second-order valence-corrected chi connectivity index (χ2v) is 7.86. The van der Waals surface area contributed by atoms with Gasteiger partial charge in [0.15, 0.2) is 0 Å². The average molecular weight is 372 g/mol. The number of ether oxygens (including phenoxy) is 2. The summed E-state index contributed by atoms with van der Waals surface area (Å²) in [7, 11) is 3.51. The van der Waals surface area contributed by atoms with Gasteiger partial charge in [0.05, 0.1) is 0 Å². The lowest BCUT2D eigenvalue weighted by atomic mass is 9.80. The smallest absolute Gasteiger partial charge is 0.215 e. The van der Waals surface area contributed by atoms with Crippen LogP contribution < -0.4 is 0 Å². The van der Waals surface area contributed by atoms with E-state index >= 15 is 0 Å². The van der Waals surface area contributed by atoms with Crippen molar-refractivity contribution in [3.8, 4) is 0 Å². The predicted molar refractivity (Wildman–Crippen MR) is 114 cm³/mol. The Bertz CT molecular complexity index is 674. The van der Waals surface area contributed by atoms with Gasteiger partial charge in [0.25, 0.3) is 0 Å². The van der Waals surface area contributed by atoms with Crippen LogP contribution in [0.3, 0.4) is 0 Å². The van der Waals surface area contributed by atoms with Gasteiger partial charge in [0.1, 0.15) is 5.69 Å². The largest absolute Gasteiger partial charge is 0.348 e. The maximum Gasteiger partial charge on any atom is 0.215 e. The Morgan fingerprint density at radius 2 is 1.59 bits per heavy atom. The van der Waals surface area contributed by atoms with Gasteiger partial charge < -0.3 is 9.47 Å². The van der Waals surface area contributed by atoms with Crippen LogP contribution in [0.1, 0.15) is 71.4 Å². The van der Waals surface area contributed by atoms with Crippen molar-refractivity contribution in [2.75, 3.05) is 14.2 Å². The van der Waals surface area contributed by atoms with Crippen LogP contribution in [-0.2, 0) is 15.3 Å². The number of nitrogens with zero attached hydrogens (tertiary/aromatic N) is 1. The highest BCUT2D eigenvalue weighted by Gasteiger charge is 2.44. The van der Waals surface area contributed by atoms with Crippen LogP contribution in [-0.4, -0.2) is 19.2 Å². The normalized spacial score (nSPS) is 13.4. The number of rotatable bonds is 12. The van der Waals surface area contributed by atoms with Crippen LogP contribution in [0.4, 0.5) is 0 Å². The highest BCUT2D eigenvalue weighted by Crippen LogP contribution is 2.43. The highest BCUT2D eigenvalue weighted by molar-refractivity contribution is 5.84. The standard InChI is InChI=1S/C24H37NO2/c1-6-7-8-9-10-11-16-22(19(2)3)24(26-4,27-5)23-21-15-13-12-14-20(21)17-18-25-23/h12-15,17-19,22H,6-11,16H2,1-5H3. The van der Waals surface area contributed by atoms with Crippen LogP contribution in [0.15, 0.2) is 36.5 Å². The number of hydrogen-bond acceptors (Lipinski definition) is 3. The fraction of sp³-hybridized carbons (Fsp3) is 0.625. The number of hydrogen-bond donors (Lipinski definition) is 0. The molecule has 0 bridgehead atoms. The number of fused-ring (bicyclic) bond motifs is 1. The van der Waals surface area contributed by atoms with Crippen LogP contribution in [0, 0.1) is 11.8 Å². The molecule has 1 heterocycles. The van der Waals surface area contributed by atoms with E-state index in [2.05, 4.69) is 45.0 Å². The number of pyridine rings is 1. The highest BCUT2D eigenvalue weighted by atomic mass is 16.7. The van der Waals surface area contributed by atoms with Crippen molar-refractivity contribution in [3.63, 3.8) is 0 Å². The summed E-state index contributed by atoms with van der Waals surface area (Å²) in [6, 6.07) is 10.4. The monoisotopic (exact) mass is 371 g/mol. The average Bonchev–Trinajstić information content (AvgIpc) is 2.70. The predicted octanol–water partition coefficient (Wildman–Crippen LogP) is 6.70. The second kappa shape index (κ2) is 10.8. The first-order valence-corrected chi connectivity index (χ1v) is 10.5. The van der Waals surface area contributed by atoms with Gasteiger partial charge in [-0.3, -0.25) is 4.98 Å². The summed E-state index contributed by atoms with van der Waals surface area (Å²) in [5.41, 5.74) is 0.898. The van der Waals surface area contributed by atoms with Gasteiger partial charge in [-0.1, -0.05) is 83.6 Å². The molecule has 0 amide bonds. The van der Waals surface area contributed by atoms with Crippen molar-refractivity contribution in [1.29, 1.82) is 0 Å². The van der Waals surface area contributed by atoms with Gasteiger partial charge in [-0.2, -0.15) is 0 Å². The summed E-state index contributed by atoms with van der Waals surface area (Å²) in [6.45, 7) is 6.79. The molecule has 1 aromatic carbocycles. The minimum atomic E-state index is -0.821. The first kappa shape index (κ1) is 21.8. The van der Waals surface area contributed by atoms with Gasteiger partial charge in [-0.25, -0.2) is 0 Å². The van der Waals surface area contributed by atoms with Crippen molar-refractivity contribution < 1.29 is 9.47 Å². The van der Waals surface area contributed by atoms with Gasteiger partial charge in [0, 0.05) is 31.7 Å². The van der Waals surface area contributed by atoms with Crippen molar-refractivity contribution >= 4 is 10.8 Å². The molecule has 0 spiro atoms. The van der Waals surface area contributed by atoms with Gasteiger partial charge in [-0.15, -0.1) is 0 Å². The fourth-order valence-corrected chi connectivity index (χ4v) is 4.26. The van der Waals surface area contributed by atoms with Crippen LogP contribution >= 0.6 is 0 Å². The van der Waals surface area contributed by atoms with E-state index in [9.17, 15) is 0 Å². The molecule has 0 aliphatic rings.